The Hall–Kier alpha value is -1.38. The molecule has 0 aromatic rings. The van der Waals surface area contributed by atoms with Crippen molar-refractivity contribution < 1.29 is 14.7 Å². The van der Waals surface area contributed by atoms with Gasteiger partial charge in [-0.25, -0.2) is 9.90 Å². The van der Waals surface area contributed by atoms with Crippen LogP contribution in [-0.2, 0) is 14.7 Å². The van der Waals surface area contributed by atoms with Gasteiger partial charge in [0, 0.05) is 6.42 Å². The summed E-state index contributed by atoms with van der Waals surface area (Å²) >= 11 is 0. The van der Waals surface area contributed by atoms with E-state index in [2.05, 4.69) is 0 Å². The molecule has 10 heavy (non-hydrogen) atoms. The largest absolute Gasteiger partial charge is 0.389 e. The highest BCUT2D eigenvalue weighted by Gasteiger charge is 2.18. The van der Waals surface area contributed by atoms with Crippen molar-refractivity contribution in [3.63, 3.8) is 0 Å². The zero-order valence-electron chi connectivity index (χ0n) is 5.16. The monoisotopic (exact) mass is 137 g/mol. The molecule has 0 saturated carbocycles. The molecule has 51 valence electrons. The Morgan fingerprint density at radius 1 is 1.50 bits per heavy atom. The lowest BCUT2D eigenvalue weighted by molar-refractivity contribution is -0.139. The minimum atomic E-state index is -1.39. The molecule has 0 saturated heterocycles. The van der Waals surface area contributed by atoms with Gasteiger partial charge < -0.3 is 0 Å². The van der Waals surface area contributed by atoms with Gasteiger partial charge in [0.2, 0.25) is 0 Å². The molecular formula is C7H5O3. The number of hydrogen-bond donors (Lipinski definition) is 0. The highest BCUT2D eigenvalue weighted by Crippen LogP contribution is 2.07. The number of Topliss-reactive ketones (excluding diaryl/α,β-unsaturated/α-hetero) is 1. The van der Waals surface area contributed by atoms with Crippen molar-refractivity contribution in [1.29, 1.82) is 0 Å². The van der Waals surface area contributed by atoms with Crippen LogP contribution in [0.5, 0.6) is 0 Å². The molecule has 1 aliphatic rings. The molecular weight excluding hydrogens is 132 g/mol. The Morgan fingerprint density at radius 2 is 2.20 bits per heavy atom. The number of hydrogen-bond acceptors (Lipinski definition) is 2. The minimum Gasteiger partial charge on any atom is -0.294 e. The Bertz CT molecular complexity index is 235. The second-order valence-corrected chi connectivity index (χ2v) is 1.92. The van der Waals surface area contributed by atoms with Crippen molar-refractivity contribution in [2.24, 2.45) is 0 Å². The molecule has 1 aliphatic carbocycles. The van der Waals surface area contributed by atoms with Crippen molar-refractivity contribution in [3.8, 4) is 0 Å². The van der Waals surface area contributed by atoms with Gasteiger partial charge in [0.1, 0.15) is 5.57 Å². The van der Waals surface area contributed by atoms with E-state index in [1.165, 1.54) is 12.2 Å². The molecule has 0 unspecified atom stereocenters. The summed E-state index contributed by atoms with van der Waals surface area (Å²) in [4.78, 5) is 20.8. The lowest BCUT2D eigenvalue weighted by Gasteiger charge is -1.98. The Kier molecular flexibility index (Phi) is 1.67. The summed E-state index contributed by atoms with van der Waals surface area (Å²) in [6.45, 7) is 0. The van der Waals surface area contributed by atoms with Crippen LogP contribution in [0.2, 0.25) is 0 Å². The fourth-order valence-corrected chi connectivity index (χ4v) is 0.724. The zero-order chi connectivity index (χ0) is 7.56. The molecule has 0 bridgehead atoms. The van der Waals surface area contributed by atoms with E-state index < -0.39 is 5.97 Å². The number of rotatable bonds is 1. The average Bonchev–Trinajstić information content (AvgIpc) is 1.88. The molecule has 0 amide bonds. The highest BCUT2D eigenvalue weighted by atomic mass is 16.4. The van der Waals surface area contributed by atoms with Crippen molar-refractivity contribution in [2.45, 2.75) is 6.42 Å². The van der Waals surface area contributed by atoms with Crippen LogP contribution in [0.15, 0.2) is 23.8 Å². The van der Waals surface area contributed by atoms with Crippen molar-refractivity contribution in [3.05, 3.63) is 23.8 Å². The fourth-order valence-electron chi connectivity index (χ4n) is 0.724. The molecule has 0 aromatic heterocycles. The quantitative estimate of drug-likeness (QED) is 0.491. The molecule has 0 N–H and O–H groups in total. The zero-order valence-corrected chi connectivity index (χ0v) is 5.16. The summed E-state index contributed by atoms with van der Waals surface area (Å²) in [7, 11) is 0. The van der Waals surface area contributed by atoms with Crippen molar-refractivity contribution in [1.82, 2.24) is 0 Å². The first kappa shape index (κ1) is 6.74. The first-order valence-electron chi connectivity index (χ1n) is 2.83. The molecule has 0 aromatic carbocycles. The van der Waals surface area contributed by atoms with Gasteiger partial charge in [-0.1, -0.05) is 12.2 Å². The average molecular weight is 137 g/mol. The van der Waals surface area contributed by atoms with E-state index in [4.69, 9.17) is 0 Å². The van der Waals surface area contributed by atoms with Crippen LogP contribution in [0, 0.1) is 0 Å². The second-order valence-electron chi connectivity index (χ2n) is 1.92. The normalized spacial score (nSPS) is 16.8. The van der Waals surface area contributed by atoms with Crippen LogP contribution in [0.4, 0.5) is 0 Å². The molecule has 3 nitrogen and oxygen atoms in total. The van der Waals surface area contributed by atoms with Crippen LogP contribution in [-0.4, -0.2) is 11.8 Å². The van der Waals surface area contributed by atoms with Gasteiger partial charge in [0.15, 0.2) is 5.78 Å². The van der Waals surface area contributed by atoms with Crippen LogP contribution in [0.25, 0.3) is 0 Å². The third-order valence-corrected chi connectivity index (χ3v) is 1.22. The fraction of sp³-hybridized carbons (Fsp3) is 0.143. The maximum atomic E-state index is 10.7. The van der Waals surface area contributed by atoms with Crippen molar-refractivity contribution >= 4 is 11.8 Å². The molecule has 3 heteroatoms. The van der Waals surface area contributed by atoms with Crippen LogP contribution >= 0.6 is 0 Å². The molecule has 1 radical (unpaired) electrons. The molecule has 0 heterocycles. The SMILES string of the molecule is [O]C(=O)C1=CC=CCC1=O. The standard InChI is InChI=1S/C7H5O3/c8-6-4-2-1-3-5(6)7(9)10/h1-3H,4H2. The van der Waals surface area contributed by atoms with Crippen LogP contribution < -0.4 is 0 Å². The summed E-state index contributed by atoms with van der Waals surface area (Å²) in [6, 6.07) is 0. The van der Waals surface area contributed by atoms with Gasteiger partial charge in [-0.2, -0.15) is 0 Å². The smallest absolute Gasteiger partial charge is 0.294 e. The third-order valence-electron chi connectivity index (χ3n) is 1.22. The van der Waals surface area contributed by atoms with Crippen LogP contribution in [0.1, 0.15) is 6.42 Å². The predicted octanol–water partition coefficient (Wildman–Crippen LogP) is 0.399. The van der Waals surface area contributed by atoms with Gasteiger partial charge in [-0.05, 0) is 6.08 Å². The van der Waals surface area contributed by atoms with Gasteiger partial charge in [0.05, 0.1) is 0 Å². The summed E-state index contributed by atoms with van der Waals surface area (Å²) in [5.41, 5.74) is -0.234. The Balaban J connectivity index is 2.91. The highest BCUT2D eigenvalue weighted by molar-refractivity contribution is 6.17. The number of carbonyl (C=O) groups excluding carboxylic acids is 2. The summed E-state index contributed by atoms with van der Waals surface area (Å²) < 4.78 is 0. The summed E-state index contributed by atoms with van der Waals surface area (Å²) in [5.74, 6) is -1.78. The lowest BCUT2D eigenvalue weighted by atomic mass is 10.0. The Morgan fingerprint density at radius 3 is 2.60 bits per heavy atom. The lowest BCUT2D eigenvalue weighted by Crippen LogP contribution is -2.11. The molecule has 0 aliphatic heterocycles. The van der Waals surface area contributed by atoms with E-state index in [1.807, 2.05) is 0 Å². The van der Waals surface area contributed by atoms with Gasteiger partial charge in [-0.3, -0.25) is 4.79 Å². The first-order chi connectivity index (χ1) is 4.72. The molecule has 0 spiro atoms. The molecule has 1 rings (SSSR count). The van der Waals surface area contributed by atoms with E-state index in [0.717, 1.165) is 0 Å². The van der Waals surface area contributed by atoms with Crippen LogP contribution in [0.3, 0.4) is 0 Å². The topological polar surface area (TPSA) is 54.0 Å². The van der Waals surface area contributed by atoms with Gasteiger partial charge >= 0.3 is 5.97 Å². The second kappa shape index (κ2) is 2.47. The predicted molar refractivity (Wildman–Crippen MR) is 32.5 cm³/mol. The molecule has 0 atom stereocenters. The van der Waals surface area contributed by atoms with Gasteiger partial charge in [0.25, 0.3) is 0 Å². The maximum absolute atomic E-state index is 10.7. The van der Waals surface area contributed by atoms with E-state index in [1.54, 1.807) is 6.08 Å². The van der Waals surface area contributed by atoms with Gasteiger partial charge in [-0.15, -0.1) is 0 Å². The summed E-state index contributed by atoms with van der Waals surface area (Å²) in [6.07, 6.45) is 4.56. The first-order valence-corrected chi connectivity index (χ1v) is 2.83. The minimum absolute atomic E-state index is 0.166. The van der Waals surface area contributed by atoms with E-state index in [9.17, 15) is 14.7 Å². The summed E-state index contributed by atoms with van der Waals surface area (Å²) in [5, 5.41) is 10.1. The molecule has 0 fully saturated rings. The third kappa shape index (κ3) is 1.13. The Labute approximate surface area is 57.7 Å². The van der Waals surface area contributed by atoms with E-state index >= 15 is 0 Å². The van der Waals surface area contributed by atoms with E-state index in [-0.39, 0.29) is 17.8 Å². The number of ketones is 1. The van der Waals surface area contributed by atoms with E-state index in [0.29, 0.717) is 0 Å². The maximum Gasteiger partial charge on any atom is 0.389 e. The number of carbonyl (C=O) groups is 2. The van der Waals surface area contributed by atoms with Crippen molar-refractivity contribution in [2.75, 3.05) is 0 Å². The number of allylic oxidation sites excluding steroid dienone is 3.